The van der Waals surface area contributed by atoms with E-state index in [9.17, 15) is 4.79 Å². The van der Waals surface area contributed by atoms with Crippen molar-refractivity contribution >= 4 is 38.8 Å². The average Bonchev–Trinajstić information content (AvgIpc) is 3.49. The molecule has 0 fully saturated rings. The number of imidazole rings is 1. The average molecular weight is 552 g/mol. The second-order valence-electron chi connectivity index (χ2n) is 9.04. The van der Waals surface area contributed by atoms with Gasteiger partial charge in [0, 0.05) is 25.8 Å². The van der Waals surface area contributed by atoms with Crippen LogP contribution in [0.5, 0.6) is 0 Å². The third-order valence-corrected chi connectivity index (χ3v) is 6.79. The summed E-state index contributed by atoms with van der Waals surface area (Å²) < 4.78 is 10.3. The number of nitrogens with one attached hydrogen (secondary N) is 1. The molecular weight excluding hydrogens is 522 g/mol. The molecule has 1 unspecified atom stereocenters. The number of aromatic nitrogens is 6. The van der Waals surface area contributed by atoms with Gasteiger partial charge in [0.2, 0.25) is 5.78 Å². The van der Waals surface area contributed by atoms with Gasteiger partial charge in [-0.05, 0) is 40.4 Å². The first-order valence-electron chi connectivity index (χ1n) is 12.6. The van der Waals surface area contributed by atoms with Crippen molar-refractivity contribution in [1.82, 2.24) is 29.1 Å². The van der Waals surface area contributed by atoms with E-state index in [1.54, 1.807) is 4.40 Å². The Hall–Kier alpha value is -3.27. The zero-order chi connectivity index (χ0) is 25.1. The summed E-state index contributed by atoms with van der Waals surface area (Å²) in [6.07, 6.45) is 7.91. The fourth-order valence-electron chi connectivity index (χ4n) is 4.54. The maximum atomic E-state index is 13.4. The van der Waals surface area contributed by atoms with Gasteiger partial charge in [0.1, 0.15) is 11.6 Å². The molecule has 0 saturated heterocycles. The van der Waals surface area contributed by atoms with Gasteiger partial charge < -0.3 is 9.72 Å². The fourth-order valence-corrected chi connectivity index (χ4v) is 4.91. The lowest BCUT2D eigenvalue weighted by atomic mass is 10.1. The summed E-state index contributed by atoms with van der Waals surface area (Å²) in [6.45, 7) is 5.00. The van der Waals surface area contributed by atoms with Gasteiger partial charge in [-0.1, -0.05) is 57.0 Å². The molecule has 4 heterocycles. The van der Waals surface area contributed by atoms with Crippen molar-refractivity contribution < 1.29 is 4.74 Å². The van der Waals surface area contributed by atoms with Gasteiger partial charge in [0.15, 0.2) is 21.8 Å². The van der Waals surface area contributed by atoms with Crippen molar-refractivity contribution in [2.24, 2.45) is 4.99 Å². The molecule has 0 aliphatic carbocycles. The summed E-state index contributed by atoms with van der Waals surface area (Å²) in [4.78, 5) is 25.7. The molecule has 1 aliphatic rings. The number of halogens is 1. The molecule has 1 N–H and O–H groups in total. The normalized spacial score (nSPS) is 15.8. The molecule has 5 rings (SSSR count). The van der Waals surface area contributed by atoms with Gasteiger partial charge in [-0.15, -0.1) is 10.2 Å². The Morgan fingerprint density at radius 1 is 1.11 bits per heavy atom. The SMILES string of the molecule is CCCCCn1c2nc(Br)[nH]c2c(=O)n2c(CCC3=CC(CC)N=C(Cc4ccccc4)O3)nnc12. The Kier molecular flexibility index (Phi) is 7.31. The number of aromatic amines is 1. The second kappa shape index (κ2) is 10.8. The highest BCUT2D eigenvalue weighted by Crippen LogP contribution is 2.21. The molecule has 0 bridgehead atoms. The number of benzene rings is 1. The van der Waals surface area contributed by atoms with Gasteiger partial charge in [-0.25, -0.2) is 14.4 Å². The molecule has 0 radical (unpaired) electrons. The minimum atomic E-state index is -0.193. The predicted octanol–water partition coefficient (Wildman–Crippen LogP) is 4.99. The van der Waals surface area contributed by atoms with Crippen molar-refractivity contribution in [3.8, 4) is 0 Å². The van der Waals surface area contributed by atoms with E-state index in [2.05, 4.69) is 68.2 Å². The number of rotatable bonds is 10. The highest BCUT2D eigenvalue weighted by atomic mass is 79.9. The lowest BCUT2D eigenvalue weighted by Crippen LogP contribution is -2.22. The number of H-pyrrole nitrogens is 1. The molecule has 3 aromatic heterocycles. The first-order valence-corrected chi connectivity index (χ1v) is 13.4. The predicted molar refractivity (Wildman–Crippen MR) is 143 cm³/mol. The Morgan fingerprint density at radius 2 is 1.94 bits per heavy atom. The van der Waals surface area contributed by atoms with Crippen LogP contribution >= 0.6 is 15.9 Å². The molecule has 1 atom stereocenters. The lowest BCUT2D eigenvalue weighted by Gasteiger charge is -2.20. The molecule has 0 amide bonds. The van der Waals surface area contributed by atoms with Gasteiger partial charge in [0.25, 0.3) is 5.56 Å². The third-order valence-electron chi connectivity index (χ3n) is 6.42. The molecule has 4 aromatic rings. The first-order chi connectivity index (χ1) is 17.6. The van der Waals surface area contributed by atoms with Crippen molar-refractivity contribution in [3.05, 3.63) is 68.6 Å². The van der Waals surface area contributed by atoms with E-state index in [1.807, 2.05) is 22.8 Å². The van der Waals surface area contributed by atoms with E-state index >= 15 is 0 Å². The van der Waals surface area contributed by atoms with Crippen LogP contribution in [-0.2, 0) is 24.1 Å². The number of aliphatic imine (C=N–C) groups is 1. The molecule has 36 heavy (non-hydrogen) atoms. The maximum Gasteiger partial charge on any atom is 0.286 e. The van der Waals surface area contributed by atoms with E-state index in [1.165, 1.54) is 0 Å². The molecule has 188 valence electrons. The second-order valence-corrected chi connectivity index (χ2v) is 9.79. The summed E-state index contributed by atoms with van der Waals surface area (Å²) in [5.74, 6) is 2.71. The monoisotopic (exact) mass is 551 g/mol. The number of unbranched alkanes of at least 4 members (excludes halogenated alkanes) is 2. The first kappa shape index (κ1) is 24.4. The molecule has 10 heteroatoms. The van der Waals surface area contributed by atoms with E-state index in [0.717, 1.165) is 49.4 Å². The van der Waals surface area contributed by atoms with Crippen LogP contribution in [0.4, 0.5) is 0 Å². The standard InChI is InChI=1S/C26H30BrN7O2/c1-3-5-9-14-33-23-22(29-25(27)30-23)24(35)34-20(31-32-26(33)34)13-12-19-16-18(4-2)28-21(36-19)15-17-10-7-6-8-11-17/h6-8,10-11,16,18H,3-5,9,12-15H2,1-2H3,(H,29,30). The maximum absolute atomic E-state index is 13.4. The van der Waals surface area contributed by atoms with Crippen LogP contribution < -0.4 is 5.56 Å². The number of ether oxygens (including phenoxy) is 1. The molecular formula is C26H30BrN7O2. The largest absolute Gasteiger partial charge is 0.448 e. The zero-order valence-electron chi connectivity index (χ0n) is 20.6. The Morgan fingerprint density at radius 3 is 2.72 bits per heavy atom. The minimum Gasteiger partial charge on any atom is -0.448 e. The van der Waals surface area contributed by atoms with Gasteiger partial charge in [-0.3, -0.25) is 9.36 Å². The Balaban J connectivity index is 1.40. The van der Waals surface area contributed by atoms with Gasteiger partial charge >= 0.3 is 0 Å². The van der Waals surface area contributed by atoms with Crippen molar-refractivity contribution in [1.29, 1.82) is 0 Å². The van der Waals surface area contributed by atoms with E-state index in [-0.39, 0.29) is 11.6 Å². The molecule has 1 aliphatic heterocycles. The minimum absolute atomic E-state index is 0.0837. The van der Waals surface area contributed by atoms with Crippen LogP contribution in [0.3, 0.4) is 0 Å². The van der Waals surface area contributed by atoms with Crippen LogP contribution in [0, 0.1) is 0 Å². The smallest absolute Gasteiger partial charge is 0.286 e. The number of allylic oxidation sites excluding steroid dienone is 1. The van der Waals surface area contributed by atoms with E-state index < -0.39 is 0 Å². The number of hydrogen-bond donors (Lipinski definition) is 1. The lowest BCUT2D eigenvalue weighted by molar-refractivity contribution is 0.362. The highest BCUT2D eigenvalue weighted by Gasteiger charge is 2.21. The summed E-state index contributed by atoms with van der Waals surface area (Å²) in [5, 5.41) is 8.81. The molecule has 0 saturated carbocycles. The Bertz CT molecular complexity index is 1480. The number of nitrogens with zero attached hydrogens (tertiary/aromatic N) is 6. The molecule has 9 nitrogen and oxygen atoms in total. The quantitative estimate of drug-likeness (QED) is 0.221. The number of hydrogen-bond acceptors (Lipinski definition) is 6. The Labute approximate surface area is 217 Å². The van der Waals surface area contributed by atoms with E-state index in [4.69, 9.17) is 9.73 Å². The topological polar surface area (TPSA) is 102 Å². The van der Waals surface area contributed by atoms with Crippen LogP contribution in [0.2, 0.25) is 0 Å². The van der Waals surface area contributed by atoms with Gasteiger partial charge in [-0.2, -0.15) is 0 Å². The van der Waals surface area contributed by atoms with Crippen molar-refractivity contribution in [2.45, 2.75) is 71.4 Å². The van der Waals surface area contributed by atoms with E-state index in [0.29, 0.717) is 46.8 Å². The summed E-state index contributed by atoms with van der Waals surface area (Å²) in [5.41, 5.74) is 2.01. The van der Waals surface area contributed by atoms with Crippen LogP contribution in [0.15, 0.2) is 56.7 Å². The fraction of sp³-hybridized carbons (Fsp3) is 0.423. The van der Waals surface area contributed by atoms with Crippen molar-refractivity contribution in [2.75, 3.05) is 0 Å². The van der Waals surface area contributed by atoms with Crippen LogP contribution in [0.25, 0.3) is 16.9 Å². The van der Waals surface area contributed by atoms with Gasteiger partial charge in [0.05, 0.1) is 6.04 Å². The summed E-state index contributed by atoms with van der Waals surface area (Å²) in [6, 6.07) is 10.3. The zero-order valence-corrected chi connectivity index (χ0v) is 22.2. The summed E-state index contributed by atoms with van der Waals surface area (Å²) >= 11 is 3.38. The highest BCUT2D eigenvalue weighted by molar-refractivity contribution is 9.10. The summed E-state index contributed by atoms with van der Waals surface area (Å²) in [7, 11) is 0. The van der Waals surface area contributed by atoms with Crippen LogP contribution in [0.1, 0.15) is 57.3 Å². The number of aryl methyl sites for hydroxylation is 2. The van der Waals surface area contributed by atoms with Crippen molar-refractivity contribution in [3.63, 3.8) is 0 Å². The molecule has 1 aromatic carbocycles. The van der Waals surface area contributed by atoms with Crippen LogP contribution in [-0.4, -0.2) is 41.1 Å². The number of fused-ring (bicyclic) bond motifs is 2. The molecule has 0 spiro atoms. The third kappa shape index (κ3) is 5.00.